The van der Waals surface area contributed by atoms with E-state index in [4.69, 9.17) is 5.11 Å². The lowest BCUT2D eigenvalue weighted by atomic mass is 10.0. The van der Waals surface area contributed by atoms with E-state index in [0.717, 1.165) is 23.4 Å². The van der Waals surface area contributed by atoms with Crippen LogP contribution in [0, 0.1) is 13.8 Å². The van der Waals surface area contributed by atoms with Crippen molar-refractivity contribution in [2.75, 3.05) is 23.3 Å². The average Bonchev–Trinajstić information content (AvgIpc) is 2.34. The molecule has 0 bridgehead atoms. The van der Waals surface area contributed by atoms with Gasteiger partial charge in [0.2, 0.25) is 0 Å². The number of piperazine rings is 1. The highest BCUT2D eigenvalue weighted by Crippen LogP contribution is 2.31. The number of hydrogen-bond acceptors (Lipinski definition) is 3. The fraction of sp³-hybridized carbons (Fsp3) is 0.429. The van der Waals surface area contributed by atoms with Gasteiger partial charge in [0.05, 0.1) is 35.5 Å². The van der Waals surface area contributed by atoms with Gasteiger partial charge in [-0.3, -0.25) is 13.2 Å². The van der Waals surface area contributed by atoms with Gasteiger partial charge < -0.3 is 10.0 Å². The maximum Gasteiger partial charge on any atom is 0.409 e. The number of nitrogens with one attached hydrogen (secondary N) is 1. The zero-order valence-electron chi connectivity index (χ0n) is 12.2. The van der Waals surface area contributed by atoms with Crippen molar-refractivity contribution in [1.29, 1.82) is 0 Å². The minimum absolute atomic E-state index is 0.0842. The lowest BCUT2D eigenvalue weighted by Gasteiger charge is -2.38. The van der Waals surface area contributed by atoms with Crippen LogP contribution in [0.25, 0.3) is 0 Å². The van der Waals surface area contributed by atoms with Gasteiger partial charge >= 0.3 is 6.09 Å². The zero-order valence-corrected chi connectivity index (χ0v) is 14.3. The molecule has 6 nitrogen and oxygen atoms in total. The van der Waals surface area contributed by atoms with Gasteiger partial charge in [-0.2, -0.15) is 0 Å². The molecule has 1 aromatic carbocycles. The Hall–Kier alpha value is -1.51. The number of hydrogen-bond donors (Lipinski definition) is 2. The summed E-state index contributed by atoms with van der Waals surface area (Å²) in [5, 5.41) is 11.2. The predicted molar refractivity (Wildman–Crippen MR) is 90.1 cm³/mol. The van der Waals surface area contributed by atoms with Gasteiger partial charge in [-0.1, -0.05) is 0 Å². The largest absolute Gasteiger partial charge is 0.465 e. The molecule has 114 valence electrons. The van der Waals surface area contributed by atoms with E-state index in [-0.39, 0.29) is 11.9 Å². The van der Waals surface area contributed by atoms with E-state index in [1.807, 2.05) is 20.8 Å². The number of carboxylic acid groups (broad SMARTS) is 1. The first-order chi connectivity index (χ1) is 9.79. The maximum atomic E-state index is 12.0. The van der Waals surface area contributed by atoms with Crippen molar-refractivity contribution in [3.8, 4) is 0 Å². The van der Waals surface area contributed by atoms with E-state index in [1.54, 1.807) is 15.2 Å². The summed E-state index contributed by atoms with van der Waals surface area (Å²) in [6, 6.07) is 3.73. The van der Waals surface area contributed by atoms with E-state index in [0.29, 0.717) is 12.2 Å². The smallest absolute Gasteiger partial charge is 0.409 e. The molecule has 1 heterocycles. The average molecular weight is 403 g/mol. The quantitative estimate of drug-likeness (QED) is 0.589. The molecule has 1 aromatic rings. The summed E-state index contributed by atoms with van der Waals surface area (Å²) in [6.45, 7) is 6.99. The fourth-order valence-corrected chi connectivity index (χ4v) is 3.08. The van der Waals surface area contributed by atoms with E-state index >= 15 is 0 Å². The number of aryl methyl sites for hydroxylation is 2. The van der Waals surface area contributed by atoms with Crippen molar-refractivity contribution in [3.63, 3.8) is 0 Å². The second kappa shape index (κ2) is 6.08. The Morgan fingerprint density at radius 2 is 1.95 bits per heavy atom. The van der Waals surface area contributed by atoms with Gasteiger partial charge in [0.1, 0.15) is 0 Å². The minimum atomic E-state index is -1.08. The SMILES string of the molecule is Cc1cc(NC(=O)O)cc(C)c1N1CC(=O)N(I)C(C)C1. The molecule has 1 saturated heterocycles. The molecule has 0 saturated carbocycles. The van der Waals surface area contributed by atoms with Crippen LogP contribution >= 0.6 is 22.9 Å². The van der Waals surface area contributed by atoms with Crippen molar-refractivity contribution >= 4 is 46.2 Å². The topological polar surface area (TPSA) is 72.9 Å². The van der Waals surface area contributed by atoms with Crippen LogP contribution in [0.2, 0.25) is 0 Å². The molecule has 1 atom stereocenters. The number of benzene rings is 1. The molecule has 21 heavy (non-hydrogen) atoms. The Morgan fingerprint density at radius 3 is 2.43 bits per heavy atom. The second-order valence-electron chi connectivity index (χ2n) is 5.32. The molecular weight excluding hydrogens is 385 g/mol. The van der Waals surface area contributed by atoms with Crippen LogP contribution in [-0.2, 0) is 4.79 Å². The zero-order chi connectivity index (χ0) is 15.7. The van der Waals surface area contributed by atoms with Gasteiger partial charge in [0.15, 0.2) is 0 Å². The number of amides is 2. The third kappa shape index (κ3) is 3.39. The third-order valence-corrected chi connectivity index (χ3v) is 4.98. The number of anilines is 2. The summed E-state index contributed by atoms with van der Waals surface area (Å²) in [4.78, 5) is 24.8. The van der Waals surface area contributed by atoms with Gasteiger partial charge in [-0.25, -0.2) is 4.79 Å². The lowest BCUT2D eigenvalue weighted by Crippen LogP contribution is -2.51. The second-order valence-corrected chi connectivity index (χ2v) is 6.36. The summed E-state index contributed by atoms with van der Waals surface area (Å²) in [5.41, 5.74) is 3.48. The lowest BCUT2D eigenvalue weighted by molar-refractivity contribution is -0.126. The monoisotopic (exact) mass is 403 g/mol. The first kappa shape index (κ1) is 15.9. The normalized spacial score (nSPS) is 18.9. The summed E-state index contributed by atoms with van der Waals surface area (Å²) >= 11 is 2.06. The third-order valence-electron chi connectivity index (χ3n) is 3.49. The Balaban J connectivity index is 2.32. The van der Waals surface area contributed by atoms with E-state index in [1.165, 1.54) is 0 Å². The standard InChI is InChI=1S/C14H18IN3O3/c1-8-4-11(16-14(20)21)5-9(2)13(8)17-6-10(3)18(15)12(19)7-17/h4-5,10,16H,6-7H2,1-3H3,(H,20,21). The van der Waals surface area contributed by atoms with Crippen LogP contribution in [0.15, 0.2) is 12.1 Å². The molecule has 1 aliphatic rings. The van der Waals surface area contributed by atoms with Crippen LogP contribution in [0.5, 0.6) is 0 Å². The molecule has 0 aromatic heterocycles. The fourth-order valence-electron chi connectivity index (χ4n) is 2.75. The van der Waals surface area contributed by atoms with Crippen molar-refractivity contribution in [1.82, 2.24) is 3.11 Å². The van der Waals surface area contributed by atoms with E-state index < -0.39 is 6.09 Å². The summed E-state index contributed by atoms with van der Waals surface area (Å²) in [7, 11) is 0. The Labute approximate surface area is 137 Å². The van der Waals surface area contributed by atoms with Crippen molar-refractivity contribution < 1.29 is 14.7 Å². The Kier molecular flexibility index (Phi) is 4.60. The summed E-state index contributed by atoms with van der Waals surface area (Å²) in [5.74, 6) is 0.0842. The maximum absolute atomic E-state index is 12.0. The number of halogens is 1. The van der Waals surface area contributed by atoms with Crippen molar-refractivity contribution in [2.45, 2.75) is 26.8 Å². The van der Waals surface area contributed by atoms with Gasteiger partial charge in [0.25, 0.3) is 5.91 Å². The molecular formula is C14H18IN3O3. The van der Waals surface area contributed by atoms with E-state index in [2.05, 4.69) is 33.1 Å². The molecule has 2 rings (SSSR count). The molecule has 1 fully saturated rings. The highest BCUT2D eigenvalue weighted by molar-refractivity contribution is 14.1. The van der Waals surface area contributed by atoms with Crippen LogP contribution in [-0.4, -0.2) is 39.4 Å². The first-order valence-electron chi connectivity index (χ1n) is 6.63. The molecule has 0 spiro atoms. The van der Waals surface area contributed by atoms with Crippen LogP contribution in [0.4, 0.5) is 16.2 Å². The number of nitrogens with zero attached hydrogens (tertiary/aromatic N) is 2. The van der Waals surface area contributed by atoms with Gasteiger partial charge in [-0.15, -0.1) is 0 Å². The van der Waals surface area contributed by atoms with Crippen molar-refractivity contribution in [2.24, 2.45) is 0 Å². The van der Waals surface area contributed by atoms with Gasteiger partial charge in [-0.05, 0) is 44.0 Å². The van der Waals surface area contributed by atoms with Crippen LogP contribution < -0.4 is 10.2 Å². The molecule has 0 aliphatic carbocycles. The Bertz CT molecular complexity index is 568. The van der Waals surface area contributed by atoms with Crippen LogP contribution in [0.1, 0.15) is 18.1 Å². The molecule has 2 N–H and O–H groups in total. The van der Waals surface area contributed by atoms with Gasteiger partial charge in [0, 0.05) is 17.9 Å². The van der Waals surface area contributed by atoms with E-state index in [9.17, 15) is 9.59 Å². The molecule has 1 aliphatic heterocycles. The molecule has 7 heteroatoms. The summed E-state index contributed by atoms with van der Waals surface area (Å²) in [6.07, 6.45) is -1.08. The molecule has 2 amide bonds. The van der Waals surface area contributed by atoms with Crippen LogP contribution in [0.3, 0.4) is 0 Å². The number of carbonyl (C=O) groups excluding carboxylic acids is 1. The number of carbonyl (C=O) groups is 2. The Morgan fingerprint density at radius 1 is 1.38 bits per heavy atom. The highest BCUT2D eigenvalue weighted by Gasteiger charge is 2.29. The molecule has 1 unspecified atom stereocenters. The molecule has 0 radical (unpaired) electrons. The number of rotatable bonds is 2. The summed E-state index contributed by atoms with van der Waals surface area (Å²) < 4.78 is 1.74. The van der Waals surface area contributed by atoms with Crippen molar-refractivity contribution in [3.05, 3.63) is 23.3 Å². The minimum Gasteiger partial charge on any atom is -0.465 e. The first-order valence-corrected chi connectivity index (χ1v) is 7.60. The highest BCUT2D eigenvalue weighted by atomic mass is 127. The predicted octanol–water partition coefficient (Wildman–Crippen LogP) is 2.78.